The van der Waals surface area contributed by atoms with Crippen molar-refractivity contribution in [3.63, 3.8) is 0 Å². The highest BCUT2D eigenvalue weighted by Gasteiger charge is 2.23. The number of hydrogen-bond donors (Lipinski definition) is 1. The summed E-state index contributed by atoms with van der Waals surface area (Å²) in [6.07, 6.45) is 5.23. The highest BCUT2D eigenvalue weighted by Crippen LogP contribution is 2.18. The van der Waals surface area contributed by atoms with Gasteiger partial charge in [-0.05, 0) is 38.7 Å². The standard InChI is InChI=1S/C16H23N3O2/c1-11(2)18-15(20)13-7-14(9-17-8-13)16(21)19-6-4-5-12(3)10-19/h7-9,11-12H,4-6,10H2,1-3H3,(H,18,20). The van der Waals surface area contributed by atoms with Crippen molar-refractivity contribution in [3.05, 3.63) is 29.6 Å². The van der Waals surface area contributed by atoms with Gasteiger partial charge in [0.2, 0.25) is 0 Å². The van der Waals surface area contributed by atoms with E-state index in [9.17, 15) is 9.59 Å². The first-order chi connectivity index (χ1) is 9.97. The van der Waals surface area contributed by atoms with Crippen LogP contribution in [0.5, 0.6) is 0 Å². The number of nitrogens with zero attached hydrogens (tertiary/aromatic N) is 2. The van der Waals surface area contributed by atoms with E-state index in [1.54, 1.807) is 6.07 Å². The minimum Gasteiger partial charge on any atom is -0.350 e. The molecule has 1 unspecified atom stereocenters. The molecule has 0 spiro atoms. The predicted molar refractivity (Wildman–Crippen MR) is 81.1 cm³/mol. The Morgan fingerprint density at radius 1 is 1.33 bits per heavy atom. The zero-order valence-corrected chi connectivity index (χ0v) is 12.9. The van der Waals surface area contributed by atoms with Gasteiger partial charge in [0, 0.05) is 31.5 Å². The fourth-order valence-electron chi connectivity index (χ4n) is 2.58. The number of likely N-dealkylation sites (tertiary alicyclic amines) is 1. The molecule has 1 N–H and O–H groups in total. The lowest BCUT2D eigenvalue weighted by Crippen LogP contribution is -2.39. The fourth-order valence-corrected chi connectivity index (χ4v) is 2.58. The first-order valence-electron chi connectivity index (χ1n) is 7.52. The lowest BCUT2D eigenvalue weighted by molar-refractivity contribution is 0.0682. The second-order valence-electron chi connectivity index (χ2n) is 6.09. The van der Waals surface area contributed by atoms with Gasteiger partial charge in [0.05, 0.1) is 11.1 Å². The summed E-state index contributed by atoms with van der Waals surface area (Å²) in [4.78, 5) is 30.4. The second-order valence-corrected chi connectivity index (χ2v) is 6.09. The van der Waals surface area contributed by atoms with Gasteiger partial charge in [0.1, 0.15) is 0 Å². The Morgan fingerprint density at radius 3 is 2.71 bits per heavy atom. The van der Waals surface area contributed by atoms with Crippen LogP contribution >= 0.6 is 0 Å². The molecule has 0 bridgehead atoms. The Labute approximate surface area is 125 Å². The molecule has 0 saturated carbocycles. The molecule has 1 atom stereocenters. The van der Waals surface area contributed by atoms with Crippen LogP contribution in [-0.2, 0) is 0 Å². The zero-order valence-electron chi connectivity index (χ0n) is 12.9. The van der Waals surface area contributed by atoms with E-state index < -0.39 is 0 Å². The molecule has 1 aliphatic heterocycles. The van der Waals surface area contributed by atoms with Crippen LogP contribution in [0.2, 0.25) is 0 Å². The Kier molecular flexibility index (Phi) is 4.94. The van der Waals surface area contributed by atoms with Gasteiger partial charge in [-0.1, -0.05) is 6.92 Å². The summed E-state index contributed by atoms with van der Waals surface area (Å²) < 4.78 is 0. The summed E-state index contributed by atoms with van der Waals surface area (Å²) in [5.41, 5.74) is 0.917. The summed E-state index contributed by atoms with van der Waals surface area (Å²) in [6.45, 7) is 7.52. The van der Waals surface area contributed by atoms with Gasteiger partial charge in [-0.3, -0.25) is 14.6 Å². The molecule has 1 saturated heterocycles. The van der Waals surface area contributed by atoms with Gasteiger partial charge in [0.15, 0.2) is 0 Å². The third-order valence-electron chi connectivity index (χ3n) is 3.61. The summed E-state index contributed by atoms with van der Waals surface area (Å²) in [6, 6.07) is 1.69. The number of pyridine rings is 1. The van der Waals surface area contributed by atoms with E-state index in [0.29, 0.717) is 17.0 Å². The zero-order chi connectivity index (χ0) is 15.4. The topological polar surface area (TPSA) is 62.3 Å². The van der Waals surface area contributed by atoms with Crippen molar-refractivity contribution in [1.29, 1.82) is 0 Å². The molecule has 0 radical (unpaired) electrons. The Morgan fingerprint density at radius 2 is 2.05 bits per heavy atom. The fraction of sp³-hybridized carbons (Fsp3) is 0.562. The molecule has 21 heavy (non-hydrogen) atoms. The molecule has 1 aromatic rings. The Bertz CT molecular complexity index is 528. The van der Waals surface area contributed by atoms with Crippen molar-refractivity contribution in [3.8, 4) is 0 Å². The number of carbonyl (C=O) groups is 2. The third-order valence-corrected chi connectivity index (χ3v) is 3.61. The number of carbonyl (C=O) groups excluding carboxylic acids is 2. The van der Waals surface area contributed by atoms with Crippen LogP contribution in [0.4, 0.5) is 0 Å². The van der Waals surface area contributed by atoms with Gasteiger partial charge in [-0.25, -0.2) is 0 Å². The minimum absolute atomic E-state index is 0.0340. The van der Waals surface area contributed by atoms with Crippen LogP contribution in [0.1, 0.15) is 54.3 Å². The van der Waals surface area contributed by atoms with Crippen molar-refractivity contribution >= 4 is 11.8 Å². The van der Waals surface area contributed by atoms with E-state index in [0.717, 1.165) is 19.5 Å². The number of aromatic nitrogens is 1. The van der Waals surface area contributed by atoms with Crippen molar-refractivity contribution in [2.45, 2.75) is 39.7 Å². The molecular weight excluding hydrogens is 266 g/mol. The first kappa shape index (κ1) is 15.5. The monoisotopic (exact) mass is 289 g/mol. The van der Waals surface area contributed by atoms with Crippen molar-refractivity contribution < 1.29 is 9.59 Å². The smallest absolute Gasteiger partial charge is 0.255 e. The van der Waals surface area contributed by atoms with Gasteiger partial charge in [0.25, 0.3) is 11.8 Å². The van der Waals surface area contributed by atoms with Gasteiger partial charge in [-0.15, -0.1) is 0 Å². The highest BCUT2D eigenvalue weighted by atomic mass is 16.2. The van der Waals surface area contributed by atoms with Crippen LogP contribution in [0.3, 0.4) is 0 Å². The molecule has 1 fully saturated rings. The van der Waals surface area contributed by atoms with E-state index in [1.807, 2.05) is 18.7 Å². The first-order valence-corrected chi connectivity index (χ1v) is 7.52. The third kappa shape index (κ3) is 4.03. The molecule has 5 heteroatoms. The quantitative estimate of drug-likeness (QED) is 0.927. The van der Waals surface area contributed by atoms with Crippen molar-refractivity contribution in [2.24, 2.45) is 5.92 Å². The number of piperidine rings is 1. The van der Waals surface area contributed by atoms with Crippen LogP contribution in [0.25, 0.3) is 0 Å². The maximum absolute atomic E-state index is 12.5. The molecule has 5 nitrogen and oxygen atoms in total. The molecule has 114 valence electrons. The van der Waals surface area contributed by atoms with E-state index in [4.69, 9.17) is 0 Å². The molecule has 2 rings (SSSR count). The van der Waals surface area contributed by atoms with Crippen LogP contribution < -0.4 is 5.32 Å². The van der Waals surface area contributed by atoms with E-state index in [2.05, 4.69) is 17.2 Å². The normalized spacial score (nSPS) is 18.7. The summed E-state index contributed by atoms with van der Waals surface area (Å²) >= 11 is 0. The van der Waals surface area contributed by atoms with Crippen molar-refractivity contribution in [1.82, 2.24) is 15.2 Å². The van der Waals surface area contributed by atoms with Crippen LogP contribution in [0, 0.1) is 5.92 Å². The molecule has 1 aromatic heterocycles. The summed E-state index contributed by atoms with van der Waals surface area (Å²) in [7, 11) is 0. The molecule has 2 amide bonds. The number of rotatable bonds is 3. The summed E-state index contributed by atoms with van der Waals surface area (Å²) in [5, 5.41) is 2.81. The van der Waals surface area contributed by atoms with E-state index in [-0.39, 0.29) is 17.9 Å². The van der Waals surface area contributed by atoms with Crippen LogP contribution in [-0.4, -0.2) is 40.8 Å². The lowest BCUT2D eigenvalue weighted by atomic mass is 9.99. The van der Waals surface area contributed by atoms with Gasteiger partial charge >= 0.3 is 0 Å². The number of amides is 2. The lowest BCUT2D eigenvalue weighted by Gasteiger charge is -2.31. The molecule has 0 aliphatic carbocycles. The van der Waals surface area contributed by atoms with Crippen molar-refractivity contribution in [2.75, 3.05) is 13.1 Å². The maximum Gasteiger partial charge on any atom is 0.255 e. The Hall–Kier alpha value is -1.91. The van der Waals surface area contributed by atoms with E-state index >= 15 is 0 Å². The molecule has 0 aromatic carbocycles. The van der Waals surface area contributed by atoms with E-state index in [1.165, 1.54) is 18.8 Å². The molecule has 1 aliphatic rings. The average Bonchev–Trinajstić information content (AvgIpc) is 2.46. The SMILES string of the molecule is CC1CCCN(C(=O)c2cncc(C(=O)NC(C)C)c2)C1. The largest absolute Gasteiger partial charge is 0.350 e. The molecular formula is C16H23N3O2. The average molecular weight is 289 g/mol. The highest BCUT2D eigenvalue weighted by molar-refractivity contribution is 5.99. The molecule has 2 heterocycles. The second kappa shape index (κ2) is 6.70. The Balaban J connectivity index is 2.13. The minimum atomic E-state index is -0.195. The predicted octanol–water partition coefficient (Wildman–Crippen LogP) is 2.09. The summed E-state index contributed by atoms with van der Waals surface area (Å²) in [5.74, 6) is 0.301. The number of nitrogens with one attached hydrogen (secondary N) is 1. The van der Waals surface area contributed by atoms with Gasteiger partial charge in [-0.2, -0.15) is 0 Å². The maximum atomic E-state index is 12.5. The number of hydrogen-bond acceptors (Lipinski definition) is 3. The van der Waals surface area contributed by atoms with Gasteiger partial charge < -0.3 is 10.2 Å². The van der Waals surface area contributed by atoms with Crippen LogP contribution in [0.15, 0.2) is 18.5 Å².